The number of fused-ring (bicyclic) bond motifs is 1. The molecule has 0 aromatic heterocycles. The Hall–Kier alpha value is -2.95. The lowest BCUT2D eigenvalue weighted by Crippen LogP contribution is -2.42. The number of amides is 3. The molecule has 0 bridgehead atoms. The molecule has 0 radical (unpaired) electrons. The van der Waals surface area contributed by atoms with Crippen LogP contribution >= 0.6 is 0 Å². The van der Waals surface area contributed by atoms with Crippen LogP contribution in [0.2, 0.25) is 0 Å². The van der Waals surface area contributed by atoms with Crippen LogP contribution in [0.4, 0.5) is 0 Å². The molecule has 2 aromatic carbocycles. The fourth-order valence-electron chi connectivity index (χ4n) is 3.64. The Bertz CT molecular complexity index is 855. The molecule has 3 amide bonds. The summed E-state index contributed by atoms with van der Waals surface area (Å²) in [6.45, 7) is 2.88. The normalized spacial score (nSPS) is 19.5. The highest BCUT2D eigenvalue weighted by Crippen LogP contribution is 2.28. The van der Waals surface area contributed by atoms with Gasteiger partial charge in [0.25, 0.3) is 17.7 Å². The second kappa shape index (κ2) is 5.84. The lowest BCUT2D eigenvalue weighted by atomic mass is 10.1. The average Bonchev–Trinajstić information content (AvgIpc) is 3.19. The van der Waals surface area contributed by atoms with Gasteiger partial charge in [0.05, 0.1) is 17.2 Å². The van der Waals surface area contributed by atoms with Crippen molar-refractivity contribution in [1.29, 1.82) is 0 Å². The standard InChI is InChI=1S/C20H18N2O3/c1-13-5-4-6-14(11-13)18(23)21-10-9-15(12-21)22-19(24)16-7-2-3-8-17(16)20(22)25/h2-8,11,15H,9-10,12H2,1H3. The van der Waals surface area contributed by atoms with Crippen LogP contribution in [0.5, 0.6) is 0 Å². The molecule has 2 aliphatic heterocycles. The fourth-order valence-corrected chi connectivity index (χ4v) is 3.64. The predicted molar refractivity (Wildman–Crippen MR) is 92.4 cm³/mol. The Kier molecular flexibility index (Phi) is 3.64. The molecule has 25 heavy (non-hydrogen) atoms. The van der Waals surface area contributed by atoms with Crippen LogP contribution in [0.3, 0.4) is 0 Å². The first-order valence-corrected chi connectivity index (χ1v) is 8.39. The summed E-state index contributed by atoms with van der Waals surface area (Å²) in [5.74, 6) is -0.561. The minimum absolute atomic E-state index is 0.0530. The third-order valence-corrected chi connectivity index (χ3v) is 4.91. The van der Waals surface area contributed by atoms with Gasteiger partial charge in [0, 0.05) is 18.7 Å². The van der Waals surface area contributed by atoms with Gasteiger partial charge in [0.1, 0.15) is 0 Å². The van der Waals surface area contributed by atoms with Gasteiger partial charge in [0.15, 0.2) is 0 Å². The number of carbonyl (C=O) groups is 3. The number of aryl methyl sites for hydroxylation is 1. The molecule has 1 saturated heterocycles. The first kappa shape index (κ1) is 15.6. The quantitative estimate of drug-likeness (QED) is 0.793. The maximum absolute atomic E-state index is 12.7. The third-order valence-electron chi connectivity index (χ3n) is 4.91. The van der Waals surface area contributed by atoms with Crippen LogP contribution in [0.15, 0.2) is 48.5 Å². The van der Waals surface area contributed by atoms with Crippen LogP contribution in [0, 0.1) is 6.92 Å². The molecule has 2 aliphatic rings. The minimum Gasteiger partial charge on any atom is -0.336 e. The van der Waals surface area contributed by atoms with E-state index in [-0.39, 0.29) is 23.8 Å². The summed E-state index contributed by atoms with van der Waals surface area (Å²) in [5.41, 5.74) is 2.58. The highest BCUT2D eigenvalue weighted by atomic mass is 16.2. The molecule has 126 valence electrons. The van der Waals surface area contributed by atoms with Crippen molar-refractivity contribution in [2.45, 2.75) is 19.4 Å². The summed E-state index contributed by atoms with van der Waals surface area (Å²) in [7, 11) is 0. The van der Waals surface area contributed by atoms with E-state index in [1.165, 1.54) is 4.90 Å². The number of rotatable bonds is 2. The summed E-state index contributed by atoms with van der Waals surface area (Å²) in [6, 6.07) is 14.1. The fraction of sp³-hybridized carbons (Fsp3) is 0.250. The summed E-state index contributed by atoms with van der Waals surface area (Å²) in [5, 5.41) is 0. The van der Waals surface area contributed by atoms with E-state index in [1.54, 1.807) is 35.2 Å². The van der Waals surface area contributed by atoms with Gasteiger partial charge in [0.2, 0.25) is 0 Å². The van der Waals surface area contributed by atoms with Gasteiger partial charge >= 0.3 is 0 Å². The first-order valence-electron chi connectivity index (χ1n) is 8.39. The predicted octanol–water partition coefficient (Wildman–Crippen LogP) is 2.51. The van der Waals surface area contributed by atoms with Crippen molar-refractivity contribution in [2.24, 2.45) is 0 Å². The first-order chi connectivity index (χ1) is 12.1. The molecule has 1 unspecified atom stereocenters. The van der Waals surface area contributed by atoms with E-state index in [1.807, 2.05) is 25.1 Å². The van der Waals surface area contributed by atoms with E-state index in [2.05, 4.69) is 0 Å². The Morgan fingerprint density at radius 1 is 1.00 bits per heavy atom. The average molecular weight is 334 g/mol. The molecule has 4 rings (SSSR count). The number of likely N-dealkylation sites (tertiary alicyclic amines) is 1. The molecule has 0 saturated carbocycles. The molecular weight excluding hydrogens is 316 g/mol. The topological polar surface area (TPSA) is 57.7 Å². The SMILES string of the molecule is Cc1cccc(C(=O)N2CCC(N3C(=O)c4ccccc4C3=O)C2)c1. The van der Waals surface area contributed by atoms with E-state index < -0.39 is 0 Å². The van der Waals surface area contributed by atoms with Crippen molar-refractivity contribution < 1.29 is 14.4 Å². The van der Waals surface area contributed by atoms with Crippen molar-refractivity contribution >= 4 is 17.7 Å². The number of hydrogen-bond donors (Lipinski definition) is 0. The highest BCUT2D eigenvalue weighted by Gasteiger charge is 2.42. The number of hydrogen-bond acceptors (Lipinski definition) is 3. The van der Waals surface area contributed by atoms with Gasteiger partial charge in [-0.25, -0.2) is 0 Å². The molecule has 0 spiro atoms. The van der Waals surface area contributed by atoms with Gasteiger partial charge in [-0.1, -0.05) is 29.8 Å². The Morgan fingerprint density at radius 2 is 1.68 bits per heavy atom. The minimum atomic E-state index is -0.263. The number of imide groups is 1. The smallest absolute Gasteiger partial charge is 0.261 e. The van der Waals surface area contributed by atoms with Crippen molar-refractivity contribution in [2.75, 3.05) is 13.1 Å². The summed E-state index contributed by atoms with van der Waals surface area (Å²) in [6.07, 6.45) is 0.614. The van der Waals surface area contributed by atoms with Gasteiger partial charge in [-0.3, -0.25) is 19.3 Å². The lowest BCUT2D eigenvalue weighted by Gasteiger charge is -2.22. The van der Waals surface area contributed by atoms with Gasteiger partial charge in [-0.15, -0.1) is 0 Å². The molecule has 5 heteroatoms. The molecular formula is C20H18N2O3. The Balaban J connectivity index is 1.53. The number of nitrogens with zero attached hydrogens (tertiary/aromatic N) is 2. The maximum atomic E-state index is 12.7. The molecule has 2 heterocycles. The van der Waals surface area contributed by atoms with Crippen LogP contribution in [0.1, 0.15) is 43.1 Å². The third kappa shape index (κ3) is 2.52. The Labute approximate surface area is 145 Å². The van der Waals surface area contributed by atoms with Gasteiger partial charge in [-0.2, -0.15) is 0 Å². The summed E-state index contributed by atoms with van der Waals surface area (Å²) in [4.78, 5) is 40.9. The molecule has 1 atom stereocenters. The monoisotopic (exact) mass is 334 g/mol. The zero-order valence-corrected chi connectivity index (χ0v) is 13.9. The summed E-state index contributed by atoms with van der Waals surface area (Å²) < 4.78 is 0. The number of benzene rings is 2. The second-order valence-electron chi connectivity index (χ2n) is 6.59. The Morgan fingerprint density at radius 3 is 2.32 bits per heavy atom. The highest BCUT2D eigenvalue weighted by molar-refractivity contribution is 6.21. The largest absolute Gasteiger partial charge is 0.336 e. The zero-order valence-electron chi connectivity index (χ0n) is 13.9. The van der Waals surface area contributed by atoms with E-state index in [0.29, 0.717) is 36.2 Å². The van der Waals surface area contributed by atoms with Crippen LogP contribution < -0.4 is 0 Å². The molecule has 0 N–H and O–H groups in total. The lowest BCUT2D eigenvalue weighted by molar-refractivity contribution is 0.0574. The van der Waals surface area contributed by atoms with Crippen molar-refractivity contribution in [3.63, 3.8) is 0 Å². The molecule has 1 fully saturated rings. The van der Waals surface area contributed by atoms with E-state index in [4.69, 9.17) is 0 Å². The van der Waals surface area contributed by atoms with E-state index in [0.717, 1.165) is 5.56 Å². The summed E-state index contributed by atoms with van der Waals surface area (Å²) >= 11 is 0. The van der Waals surface area contributed by atoms with Crippen molar-refractivity contribution in [3.8, 4) is 0 Å². The maximum Gasteiger partial charge on any atom is 0.261 e. The van der Waals surface area contributed by atoms with E-state index in [9.17, 15) is 14.4 Å². The van der Waals surface area contributed by atoms with Crippen LogP contribution in [-0.4, -0.2) is 46.7 Å². The van der Waals surface area contributed by atoms with Crippen LogP contribution in [-0.2, 0) is 0 Å². The van der Waals surface area contributed by atoms with Crippen molar-refractivity contribution in [3.05, 3.63) is 70.8 Å². The molecule has 2 aromatic rings. The molecule has 0 aliphatic carbocycles. The van der Waals surface area contributed by atoms with E-state index >= 15 is 0 Å². The van der Waals surface area contributed by atoms with Crippen LogP contribution in [0.25, 0.3) is 0 Å². The number of carbonyl (C=O) groups excluding carboxylic acids is 3. The zero-order chi connectivity index (χ0) is 17.6. The van der Waals surface area contributed by atoms with Crippen molar-refractivity contribution in [1.82, 2.24) is 9.80 Å². The second-order valence-corrected chi connectivity index (χ2v) is 6.59. The van der Waals surface area contributed by atoms with Gasteiger partial charge < -0.3 is 4.90 Å². The van der Waals surface area contributed by atoms with Gasteiger partial charge in [-0.05, 0) is 37.6 Å². The molecule has 5 nitrogen and oxygen atoms in total.